The van der Waals surface area contributed by atoms with Gasteiger partial charge in [0.15, 0.2) is 5.96 Å². The van der Waals surface area contributed by atoms with Crippen LogP contribution in [0.4, 0.5) is 14.5 Å². The van der Waals surface area contributed by atoms with Gasteiger partial charge in [-0.25, -0.2) is 0 Å². The Hall–Kier alpha value is -2.34. The predicted octanol–water partition coefficient (Wildman–Crippen LogP) is 3.88. The Morgan fingerprint density at radius 1 is 1.15 bits per heavy atom. The number of hydrogen-bond donors (Lipinski definition) is 2. The van der Waals surface area contributed by atoms with Crippen LogP contribution in [-0.2, 0) is 11.3 Å². The number of benzene rings is 2. The van der Waals surface area contributed by atoms with Crippen molar-refractivity contribution in [2.24, 2.45) is 4.99 Å². The number of aliphatic imine (C=N–C) groups is 1. The highest BCUT2D eigenvalue weighted by Crippen LogP contribution is 2.31. The number of rotatable bonds is 10. The summed E-state index contributed by atoms with van der Waals surface area (Å²) in [6.07, 6.45) is 0.855. The Morgan fingerprint density at radius 2 is 1.88 bits per heavy atom. The molecule has 0 aliphatic carbocycles. The highest BCUT2D eigenvalue weighted by Gasteiger charge is 2.26. The van der Waals surface area contributed by atoms with Gasteiger partial charge in [0.25, 0.3) is 0 Å². The summed E-state index contributed by atoms with van der Waals surface area (Å²) in [5.41, 5.74) is 1.67. The van der Waals surface area contributed by atoms with Crippen LogP contribution in [0, 0.1) is 0 Å². The summed E-state index contributed by atoms with van der Waals surface area (Å²) in [4.78, 5) is 6.31. The third-order valence-electron chi connectivity index (χ3n) is 5.16. The molecule has 0 radical (unpaired) electrons. The van der Waals surface area contributed by atoms with E-state index in [1.807, 2.05) is 35.2 Å². The number of nitrogens with zero attached hydrogens (tertiary/aromatic N) is 2. The molecule has 7 nitrogen and oxygen atoms in total. The minimum atomic E-state index is -2.85. The zero-order valence-electron chi connectivity index (χ0n) is 18.8. The summed E-state index contributed by atoms with van der Waals surface area (Å²) in [5.74, 6) is 1.68. The second-order valence-electron chi connectivity index (χ2n) is 7.29. The van der Waals surface area contributed by atoms with Gasteiger partial charge in [0.1, 0.15) is 11.5 Å². The first-order chi connectivity index (χ1) is 15.6. The molecule has 3 rings (SSSR count). The van der Waals surface area contributed by atoms with Crippen molar-refractivity contribution in [3.8, 4) is 11.5 Å². The first-order valence-electron chi connectivity index (χ1n) is 10.6. The van der Waals surface area contributed by atoms with Crippen molar-refractivity contribution in [3.63, 3.8) is 0 Å². The van der Waals surface area contributed by atoms with Crippen LogP contribution in [-0.4, -0.2) is 59.0 Å². The Kier molecular flexibility index (Phi) is 11.4. The van der Waals surface area contributed by atoms with Gasteiger partial charge in [-0.1, -0.05) is 30.3 Å². The highest BCUT2D eigenvalue weighted by atomic mass is 127. The predicted molar refractivity (Wildman–Crippen MR) is 136 cm³/mol. The number of hydrogen-bond acceptors (Lipinski definition) is 5. The van der Waals surface area contributed by atoms with Gasteiger partial charge in [-0.15, -0.1) is 24.0 Å². The second-order valence-corrected chi connectivity index (χ2v) is 7.29. The lowest BCUT2D eigenvalue weighted by molar-refractivity contribution is -0.0495. The van der Waals surface area contributed by atoms with Gasteiger partial charge >= 0.3 is 6.61 Å². The van der Waals surface area contributed by atoms with Crippen LogP contribution in [0.15, 0.2) is 53.5 Å². The molecular formula is C23H31F2IN4O3. The van der Waals surface area contributed by atoms with E-state index in [1.165, 1.54) is 0 Å². The SMILES string of the molecule is CN=C(NCCOCc1ccccc1OC)NC1CCN(c2ccccc2OC(F)F)C1.I. The van der Waals surface area contributed by atoms with Crippen molar-refractivity contribution < 1.29 is 23.0 Å². The maximum absolute atomic E-state index is 12.7. The van der Waals surface area contributed by atoms with Gasteiger partial charge in [-0.3, -0.25) is 4.99 Å². The quantitative estimate of drug-likeness (QED) is 0.194. The summed E-state index contributed by atoms with van der Waals surface area (Å²) in [7, 11) is 3.36. The molecule has 0 bridgehead atoms. The molecule has 33 heavy (non-hydrogen) atoms. The van der Waals surface area contributed by atoms with Gasteiger partial charge in [-0.05, 0) is 24.6 Å². The highest BCUT2D eigenvalue weighted by molar-refractivity contribution is 14.0. The van der Waals surface area contributed by atoms with Crippen LogP contribution >= 0.6 is 24.0 Å². The van der Waals surface area contributed by atoms with Crippen LogP contribution in [0.1, 0.15) is 12.0 Å². The molecule has 0 amide bonds. The molecule has 0 aromatic heterocycles. The van der Waals surface area contributed by atoms with Gasteiger partial charge in [0.05, 0.1) is 26.0 Å². The van der Waals surface area contributed by atoms with E-state index in [0.717, 1.165) is 24.3 Å². The Labute approximate surface area is 210 Å². The number of nitrogens with one attached hydrogen (secondary N) is 2. The van der Waals surface area contributed by atoms with E-state index in [-0.39, 0.29) is 35.8 Å². The molecule has 1 aliphatic heterocycles. The lowest BCUT2D eigenvalue weighted by atomic mass is 10.2. The van der Waals surface area contributed by atoms with E-state index in [4.69, 9.17) is 9.47 Å². The summed E-state index contributed by atoms with van der Waals surface area (Å²) < 4.78 is 41.1. The minimum Gasteiger partial charge on any atom is -0.496 e. The van der Waals surface area contributed by atoms with E-state index in [1.54, 1.807) is 32.4 Å². The monoisotopic (exact) mass is 576 g/mol. The first kappa shape index (κ1) is 26.9. The summed E-state index contributed by atoms with van der Waals surface area (Å²) >= 11 is 0. The van der Waals surface area contributed by atoms with Crippen molar-refractivity contribution in [2.75, 3.05) is 45.3 Å². The van der Waals surface area contributed by atoms with Gasteiger partial charge in [0.2, 0.25) is 0 Å². The van der Waals surface area contributed by atoms with E-state index in [9.17, 15) is 8.78 Å². The topological polar surface area (TPSA) is 67.4 Å². The van der Waals surface area contributed by atoms with Gasteiger partial charge < -0.3 is 29.7 Å². The summed E-state index contributed by atoms with van der Waals surface area (Å²) in [6, 6.07) is 14.8. The molecule has 0 spiro atoms. The van der Waals surface area contributed by atoms with Crippen molar-refractivity contribution >= 4 is 35.6 Å². The van der Waals surface area contributed by atoms with Crippen molar-refractivity contribution in [3.05, 3.63) is 54.1 Å². The van der Waals surface area contributed by atoms with Crippen LogP contribution < -0.4 is 25.0 Å². The summed E-state index contributed by atoms with van der Waals surface area (Å²) in [6.45, 7) is 0.120. The van der Waals surface area contributed by atoms with Crippen molar-refractivity contribution in [2.45, 2.75) is 25.7 Å². The lowest BCUT2D eigenvalue weighted by Gasteiger charge is -2.22. The average Bonchev–Trinajstić information content (AvgIpc) is 3.26. The Bertz CT molecular complexity index is 888. The third-order valence-corrected chi connectivity index (χ3v) is 5.16. The minimum absolute atomic E-state index is 0. The Balaban J connectivity index is 0.00000385. The standard InChI is InChI=1S/C23H30F2N4O3.HI/c1-26-23(27-12-14-31-16-17-7-3-5-9-20(17)30-2)28-18-11-13-29(15-18)19-8-4-6-10-21(19)32-22(24)25;/h3-10,18,22H,11-16H2,1-2H3,(H2,26,27,28);1H. The number of halogens is 3. The first-order valence-corrected chi connectivity index (χ1v) is 10.6. The molecule has 1 atom stereocenters. The normalized spacial score (nSPS) is 15.8. The van der Waals surface area contributed by atoms with Crippen LogP contribution in [0.25, 0.3) is 0 Å². The molecule has 2 aromatic carbocycles. The lowest BCUT2D eigenvalue weighted by Crippen LogP contribution is -2.45. The molecule has 0 saturated carbocycles. The number of para-hydroxylation sites is 3. The smallest absolute Gasteiger partial charge is 0.387 e. The maximum Gasteiger partial charge on any atom is 0.387 e. The molecule has 182 valence electrons. The molecular weight excluding hydrogens is 545 g/mol. The van der Waals surface area contributed by atoms with E-state index in [0.29, 0.717) is 38.0 Å². The number of alkyl halides is 2. The van der Waals surface area contributed by atoms with Gasteiger partial charge in [0, 0.05) is 38.3 Å². The van der Waals surface area contributed by atoms with Crippen LogP contribution in [0.3, 0.4) is 0 Å². The number of guanidine groups is 1. The fourth-order valence-electron chi connectivity index (χ4n) is 3.64. The molecule has 2 aromatic rings. The zero-order chi connectivity index (χ0) is 22.8. The van der Waals surface area contributed by atoms with Crippen molar-refractivity contribution in [1.29, 1.82) is 0 Å². The van der Waals surface area contributed by atoms with Gasteiger partial charge in [-0.2, -0.15) is 8.78 Å². The summed E-state index contributed by atoms with van der Waals surface area (Å²) in [5, 5.41) is 6.63. The average molecular weight is 576 g/mol. The zero-order valence-corrected chi connectivity index (χ0v) is 21.1. The number of anilines is 1. The Morgan fingerprint density at radius 3 is 2.61 bits per heavy atom. The number of methoxy groups -OCH3 is 1. The van der Waals surface area contributed by atoms with Crippen LogP contribution in [0.2, 0.25) is 0 Å². The van der Waals surface area contributed by atoms with E-state index < -0.39 is 6.61 Å². The molecule has 1 aliphatic rings. The molecule has 1 unspecified atom stereocenters. The second kappa shape index (κ2) is 14.0. The van der Waals surface area contributed by atoms with E-state index >= 15 is 0 Å². The fraction of sp³-hybridized carbons (Fsp3) is 0.435. The molecule has 1 saturated heterocycles. The fourth-order valence-corrected chi connectivity index (χ4v) is 3.64. The van der Waals surface area contributed by atoms with Crippen LogP contribution in [0.5, 0.6) is 11.5 Å². The number of ether oxygens (including phenoxy) is 3. The molecule has 1 fully saturated rings. The van der Waals surface area contributed by atoms with Crippen molar-refractivity contribution in [1.82, 2.24) is 10.6 Å². The molecule has 1 heterocycles. The molecule has 2 N–H and O–H groups in total. The van der Waals surface area contributed by atoms with E-state index in [2.05, 4.69) is 20.4 Å². The maximum atomic E-state index is 12.7. The largest absolute Gasteiger partial charge is 0.496 e. The third kappa shape index (κ3) is 8.18. The molecule has 10 heteroatoms.